The van der Waals surface area contributed by atoms with Gasteiger partial charge in [-0.05, 0) is 50.7 Å². The molecule has 0 saturated carbocycles. The predicted molar refractivity (Wildman–Crippen MR) is 76.4 cm³/mol. The van der Waals surface area contributed by atoms with E-state index in [0.717, 1.165) is 12.5 Å². The average Bonchev–Trinajstić information content (AvgIpc) is 2.63. The number of allylic oxidation sites excluding steroid dienone is 1. The maximum absolute atomic E-state index is 3.78. The standard InChI is InChI=1S/C15H30N2/c1-5-7-8-10-17(6-2)11-9-14-12-15(3,4)13-16-14/h5,14,16H,1,6-13H2,2-4H3. The summed E-state index contributed by atoms with van der Waals surface area (Å²) in [6, 6.07) is 0.735. The lowest BCUT2D eigenvalue weighted by Crippen LogP contribution is -2.31. The summed E-state index contributed by atoms with van der Waals surface area (Å²) in [4.78, 5) is 2.57. The van der Waals surface area contributed by atoms with Crippen LogP contribution in [0.3, 0.4) is 0 Å². The minimum absolute atomic E-state index is 0.505. The second kappa shape index (κ2) is 7.17. The predicted octanol–water partition coefficient (Wildman–Crippen LogP) is 3.05. The largest absolute Gasteiger partial charge is 0.313 e. The molecule has 1 aliphatic heterocycles. The van der Waals surface area contributed by atoms with E-state index in [0.29, 0.717) is 5.41 Å². The Bertz CT molecular complexity index is 223. The molecule has 0 amide bonds. The molecule has 0 radical (unpaired) electrons. The zero-order chi connectivity index (χ0) is 12.7. The maximum atomic E-state index is 3.78. The van der Waals surface area contributed by atoms with Crippen LogP contribution in [-0.4, -0.2) is 37.1 Å². The van der Waals surface area contributed by atoms with Crippen molar-refractivity contribution in [3.63, 3.8) is 0 Å². The summed E-state index contributed by atoms with van der Waals surface area (Å²) in [6.07, 6.45) is 7.05. The van der Waals surface area contributed by atoms with Crippen molar-refractivity contribution < 1.29 is 0 Å². The van der Waals surface area contributed by atoms with Crippen LogP contribution < -0.4 is 5.32 Å². The van der Waals surface area contributed by atoms with Crippen molar-refractivity contribution in [1.29, 1.82) is 0 Å². The third-order valence-electron chi connectivity index (χ3n) is 3.79. The fourth-order valence-corrected chi connectivity index (χ4v) is 2.66. The maximum Gasteiger partial charge on any atom is 0.00850 e. The molecule has 0 aliphatic carbocycles. The first-order chi connectivity index (χ1) is 8.07. The van der Waals surface area contributed by atoms with E-state index in [1.54, 1.807) is 0 Å². The zero-order valence-corrected chi connectivity index (χ0v) is 12.0. The molecule has 0 aromatic heterocycles. The van der Waals surface area contributed by atoms with E-state index in [2.05, 4.69) is 37.6 Å². The molecule has 1 heterocycles. The molecule has 1 unspecified atom stereocenters. The third-order valence-corrected chi connectivity index (χ3v) is 3.79. The van der Waals surface area contributed by atoms with Gasteiger partial charge in [0.25, 0.3) is 0 Å². The summed E-state index contributed by atoms with van der Waals surface area (Å²) in [5.74, 6) is 0. The molecular formula is C15H30N2. The second-order valence-corrected chi connectivity index (χ2v) is 6.10. The average molecular weight is 238 g/mol. The monoisotopic (exact) mass is 238 g/mol. The Labute approximate surface area is 107 Å². The van der Waals surface area contributed by atoms with Gasteiger partial charge in [0.15, 0.2) is 0 Å². The van der Waals surface area contributed by atoms with Gasteiger partial charge < -0.3 is 10.2 Å². The number of hydrogen-bond donors (Lipinski definition) is 1. The molecule has 0 spiro atoms. The molecule has 2 heteroatoms. The van der Waals surface area contributed by atoms with Crippen molar-refractivity contribution in [3.05, 3.63) is 12.7 Å². The first-order valence-electron chi connectivity index (χ1n) is 7.14. The van der Waals surface area contributed by atoms with Crippen molar-refractivity contribution in [1.82, 2.24) is 10.2 Å². The molecular weight excluding hydrogens is 208 g/mol. The molecule has 1 N–H and O–H groups in total. The van der Waals surface area contributed by atoms with E-state index in [-0.39, 0.29) is 0 Å². The van der Waals surface area contributed by atoms with Crippen LogP contribution in [0.15, 0.2) is 12.7 Å². The van der Waals surface area contributed by atoms with E-state index >= 15 is 0 Å². The van der Waals surface area contributed by atoms with Crippen molar-refractivity contribution in [2.75, 3.05) is 26.2 Å². The van der Waals surface area contributed by atoms with Gasteiger partial charge in [-0.25, -0.2) is 0 Å². The number of nitrogens with one attached hydrogen (secondary N) is 1. The zero-order valence-electron chi connectivity index (χ0n) is 12.0. The van der Waals surface area contributed by atoms with Crippen LogP contribution in [0.2, 0.25) is 0 Å². The highest BCUT2D eigenvalue weighted by molar-refractivity contribution is 4.87. The number of unbranched alkanes of at least 4 members (excludes halogenated alkanes) is 1. The summed E-state index contributed by atoms with van der Waals surface area (Å²) in [6.45, 7) is 15.6. The molecule has 1 fully saturated rings. The van der Waals surface area contributed by atoms with Crippen molar-refractivity contribution in [3.8, 4) is 0 Å². The number of nitrogens with zero attached hydrogens (tertiary/aromatic N) is 1. The van der Waals surface area contributed by atoms with Gasteiger partial charge in [-0.1, -0.05) is 26.8 Å². The fraction of sp³-hybridized carbons (Fsp3) is 0.867. The van der Waals surface area contributed by atoms with Crippen LogP contribution in [-0.2, 0) is 0 Å². The van der Waals surface area contributed by atoms with E-state index in [1.165, 1.54) is 45.4 Å². The second-order valence-electron chi connectivity index (χ2n) is 6.10. The van der Waals surface area contributed by atoms with Gasteiger partial charge in [0.1, 0.15) is 0 Å². The number of rotatable bonds is 8. The van der Waals surface area contributed by atoms with Gasteiger partial charge >= 0.3 is 0 Å². The molecule has 1 aliphatic rings. The summed E-state index contributed by atoms with van der Waals surface area (Å²) in [5.41, 5.74) is 0.505. The van der Waals surface area contributed by atoms with Crippen LogP contribution in [0.1, 0.15) is 46.5 Å². The molecule has 17 heavy (non-hydrogen) atoms. The Morgan fingerprint density at radius 3 is 2.71 bits per heavy atom. The first-order valence-corrected chi connectivity index (χ1v) is 7.14. The minimum atomic E-state index is 0.505. The Morgan fingerprint density at radius 1 is 1.41 bits per heavy atom. The molecule has 100 valence electrons. The van der Waals surface area contributed by atoms with Gasteiger partial charge in [0.05, 0.1) is 0 Å². The topological polar surface area (TPSA) is 15.3 Å². The van der Waals surface area contributed by atoms with Crippen LogP contribution >= 0.6 is 0 Å². The van der Waals surface area contributed by atoms with Crippen molar-refractivity contribution >= 4 is 0 Å². The van der Waals surface area contributed by atoms with Crippen LogP contribution in [0.25, 0.3) is 0 Å². The van der Waals surface area contributed by atoms with Gasteiger partial charge in [0, 0.05) is 12.6 Å². The highest BCUT2D eigenvalue weighted by Crippen LogP contribution is 2.28. The summed E-state index contributed by atoms with van der Waals surface area (Å²) in [5, 5.41) is 3.65. The number of hydrogen-bond acceptors (Lipinski definition) is 2. The Balaban J connectivity index is 2.17. The van der Waals surface area contributed by atoms with Crippen molar-refractivity contribution in [2.45, 2.75) is 52.5 Å². The van der Waals surface area contributed by atoms with Crippen molar-refractivity contribution in [2.24, 2.45) is 5.41 Å². The van der Waals surface area contributed by atoms with E-state index in [4.69, 9.17) is 0 Å². The first kappa shape index (κ1) is 14.7. The molecule has 0 aromatic rings. The lowest BCUT2D eigenvalue weighted by Gasteiger charge is -2.22. The highest BCUT2D eigenvalue weighted by Gasteiger charge is 2.30. The van der Waals surface area contributed by atoms with Crippen LogP contribution in [0.4, 0.5) is 0 Å². The molecule has 0 bridgehead atoms. The van der Waals surface area contributed by atoms with Gasteiger partial charge in [0.2, 0.25) is 0 Å². The molecule has 1 saturated heterocycles. The third kappa shape index (κ3) is 5.69. The normalized spacial score (nSPS) is 23.2. The Hall–Kier alpha value is -0.340. The molecule has 0 aromatic carbocycles. The Morgan fingerprint density at radius 2 is 2.18 bits per heavy atom. The van der Waals surface area contributed by atoms with Crippen LogP contribution in [0, 0.1) is 5.41 Å². The molecule has 1 atom stereocenters. The SMILES string of the molecule is C=CCCCN(CC)CCC1CC(C)(C)CN1. The van der Waals surface area contributed by atoms with Crippen LogP contribution in [0.5, 0.6) is 0 Å². The summed E-state index contributed by atoms with van der Waals surface area (Å²) < 4.78 is 0. The lowest BCUT2D eigenvalue weighted by atomic mass is 9.90. The molecule has 1 rings (SSSR count). The highest BCUT2D eigenvalue weighted by atomic mass is 15.1. The quantitative estimate of drug-likeness (QED) is 0.516. The van der Waals surface area contributed by atoms with Gasteiger partial charge in [-0.3, -0.25) is 0 Å². The summed E-state index contributed by atoms with van der Waals surface area (Å²) in [7, 11) is 0. The molecule has 2 nitrogen and oxygen atoms in total. The summed E-state index contributed by atoms with van der Waals surface area (Å²) >= 11 is 0. The van der Waals surface area contributed by atoms with Gasteiger partial charge in [-0.2, -0.15) is 0 Å². The smallest absolute Gasteiger partial charge is 0.00850 e. The minimum Gasteiger partial charge on any atom is -0.313 e. The van der Waals surface area contributed by atoms with E-state index in [1.807, 2.05) is 6.08 Å². The van der Waals surface area contributed by atoms with E-state index in [9.17, 15) is 0 Å². The lowest BCUT2D eigenvalue weighted by molar-refractivity contribution is 0.267. The fourth-order valence-electron chi connectivity index (χ4n) is 2.66. The van der Waals surface area contributed by atoms with Gasteiger partial charge in [-0.15, -0.1) is 6.58 Å². The van der Waals surface area contributed by atoms with E-state index < -0.39 is 0 Å². The Kier molecular flexibility index (Phi) is 6.21.